The van der Waals surface area contributed by atoms with Crippen molar-refractivity contribution in [2.75, 3.05) is 13.1 Å². The Morgan fingerprint density at radius 2 is 1.75 bits per heavy atom. The molecular formula is C22H24N4O2. The Kier molecular flexibility index (Phi) is 5.10. The van der Waals surface area contributed by atoms with E-state index in [4.69, 9.17) is 0 Å². The number of aromatic nitrogens is 3. The van der Waals surface area contributed by atoms with Crippen LogP contribution < -0.4 is 5.69 Å². The van der Waals surface area contributed by atoms with Gasteiger partial charge in [-0.1, -0.05) is 36.4 Å². The number of likely N-dealkylation sites (tertiary alicyclic amines) is 1. The molecule has 2 aromatic carbocycles. The lowest BCUT2D eigenvalue weighted by atomic mass is 9.92. The molecule has 144 valence electrons. The third-order valence-corrected chi connectivity index (χ3v) is 5.49. The van der Waals surface area contributed by atoms with Gasteiger partial charge < -0.3 is 4.90 Å². The predicted molar refractivity (Wildman–Crippen MR) is 108 cm³/mol. The summed E-state index contributed by atoms with van der Waals surface area (Å²) in [7, 11) is 0. The minimum absolute atomic E-state index is 0.0932. The van der Waals surface area contributed by atoms with E-state index in [1.807, 2.05) is 66.4 Å². The summed E-state index contributed by atoms with van der Waals surface area (Å²) in [5.74, 6) is 1.25. The largest absolute Gasteiger partial charge is 0.347 e. The first kappa shape index (κ1) is 18.2. The van der Waals surface area contributed by atoms with Crippen molar-refractivity contribution >= 4 is 5.91 Å². The number of rotatable bonds is 4. The van der Waals surface area contributed by atoms with Crippen molar-refractivity contribution in [3.63, 3.8) is 0 Å². The summed E-state index contributed by atoms with van der Waals surface area (Å²) in [6.07, 6.45) is 2.54. The Hall–Kier alpha value is -3.15. The van der Waals surface area contributed by atoms with Crippen LogP contribution in [-0.4, -0.2) is 38.7 Å². The van der Waals surface area contributed by atoms with E-state index >= 15 is 0 Å². The van der Waals surface area contributed by atoms with Crippen LogP contribution in [0.1, 0.15) is 34.6 Å². The molecule has 0 radical (unpaired) electrons. The van der Waals surface area contributed by atoms with Crippen molar-refractivity contribution in [1.29, 1.82) is 0 Å². The third-order valence-electron chi connectivity index (χ3n) is 5.49. The molecule has 1 fully saturated rings. The van der Waals surface area contributed by atoms with Gasteiger partial charge in [0.25, 0.3) is 5.91 Å². The number of carbonyl (C=O) groups is 1. The number of aromatic amines is 1. The van der Waals surface area contributed by atoms with E-state index in [9.17, 15) is 9.59 Å². The molecule has 0 unspecified atom stereocenters. The van der Waals surface area contributed by atoms with Crippen LogP contribution in [0, 0.1) is 12.8 Å². The molecule has 28 heavy (non-hydrogen) atoms. The molecule has 0 atom stereocenters. The van der Waals surface area contributed by atoms with Crippen molar-refractivity contribution in [2.45, 2.75) is 26.2 Å². The van der Waals surface area contributed by atoms with E-state index in [2.05, 4.69) is 10.2 Å². The SMILES string of the molecule is Cc1ccccc1-n1c(CC2CCN(C(=O)c3ccccc3)CC2)n[nH]c1=O. The average molecular weight is 376 g/mol. The number of para-hydroxylation sites is 1. The fourth-order valence-corrected chi connectivity index (χ4v) is 3.89. The third kappa shape index (κ3) is 3.63. The minimum atomic E-state index is -0.207. The molecule has 4 rings (SSSR count). The Morgan fingerprint density at radius 1 is 1.07 bits per heavy atom. The first-order valence-electron chi connectivity index (χ1n) is 9.70. The zero-order valence-electron chi connectivity index (χ0n) is 16.0. The van der Waals surface area contributed by atoms with Gasteiger partial charge >= 0.3 is 5.69 Å². The summed E-state index contributed by atoms with van der Waals surface area (Å²) >= 11 is 0. The standard InChI is InChI=1S/C22H24N4O2/c1-16-7-5-6-10-19(16)26-20(23-24-22(26)28)15-17-11-13-25(14-12-17)21(27)18-8-3-2-4-9-18/h2-10,17H,11-15H2,1H3,(H,24,28). The Balaban J connectivity index is 1.44. The number of hydrogen-bond acceptors (Lipinski definition) is 3. The van der Waals surface area contributed by atoms with E-state index in [0.29, 0.717) is 5.92 Å². The van der Waals surface area contributed by atoms with Gasteiger partial charge in [0, 0.05) is 25.1 Å². The van der Waals surface area contributed by atoms with Crippen molar-refractivity contribution in [2.24, 2.45) is 5.92 Å². The maximum absolute atomic E-state index is 12.6. The number of carbonyl (C=O) groups excluding carboxylic acids is 1. The summed E-state index contributed by atoms with van der Waals surface area (Å²) in [5.41, 5.74) is 2.44. The van der Waals surface area contributed by atoms with E-state index < -0.39 is 0 Å². The van der Waals surface area contributed by atoms with E-state index in [1.54, 1.807) is 4.57 Å². The molecule has 1 N–H and O–H groups in total. The second-order valence-corrected chi connectivity index (χ2v) is 7.37. The van der Waals surface area contributed by atoms with Crippen LogP contribution in [0.3, 0.4) is 0 Å². The highest BCUT2D eigenvalue weighted by Crippen LogP contribution is 2.23. The first-order chi connectivity index (χ1) is 13.6. The molecule has 1 aliphatic rings. The van der Waals surface area contributed by atoms with Gasteiger partial charge in [-0.15, -0.1) is 0 Å². The van der Waals surface area contributed by atoms with Gasteiger partial charge in [0.05, 0.1) is 5.69 Å². The minimum Gasteiger partial charge on any atom is -0.339 e. The number of nitrogens with zero attached hydrogens (tertiary/aromatic N) is 3. The molecular weight excluding hydrogens is 352 g/mol. The van der Waals surface area contributed by atoms with Crippen LogP contribution in [0.2, 0.25) is 0 Å². The molecule has 1 saturated heterocycles. The van der Waals surface area contributed by atoms with Crippen molar-refractivity contribution < 1.29 is 4.79 Å². The molecule has 0 spiro atoms. The average Bonchev–Trinajstić information content (AvgIpc) is 3.09. The normalized spacial score (nSPS) is 15.0. The first-order valence-corrected chi connectivity index (χ1v) is 9.70. The highest BCUT2D eigenvalue weighted by Gasteiger charge is 2.25. The molecule has 6 heteroatoms. The second kappa shape index (κ2) is 7.84. The molecule has 2 heterocycles. The number of hydrogen-bond donors (Lipinski definition) is 1. The lowest BCUT2D eigenvalue weighted by molar-refractivity contribution is 0.0689. The van der Waals surface area contributed by atoms with Crippen LogP contribution >= 0.6 is 0 Å². The zero-order valence-corrected chi connectivity index (χ0v) is 16.0. The summed E-state index contributed by atoms with van der Waals surface area (Å²) in [6.45, 7) is 3.46. The van der Waals surface area contributed by atoms with E-state index in [-0.39, 0.29) is 11.6 Å². The van der Waals surface area contributed by atoms with Gasteiger partial charge in [-0.25, -0.2) is 14.5 Å². The molecule has 1 aromatic heterocycles. The van der Waals surface area contributed by atoms with Gasteiger partial charge in [-0.2, -0.15) is 5.10 Å². The van der Waals surface area contributed by atoms with Crippen LogP contribution in [0.25, 0.3) is 5.69 Å². The van der Waals surface area contributed by atoms with Crippen LogP contribution in [0.15, 0.2) is 59.4 Å². The summed E-state index contributed by atoms with van der Waals surface area (Å²) in [4.78, 5) is 26.9. The number of aryl methyl sites for hydroxylation is 1. The molecule has 3 aromatic rings. The topological polar surface area (TPSA) is 71.0 Å². The van der Waals surface area contributed by atoms with Crippen molar-refractivity contribution in [3.8, 4) is 5.69 Å². The lowest BCUT2D eigenvalue weighted by Crippen LogP contribution is -2.39. The maximum atomic E-state index is 12.6. The van der Waals surface area contributed by atoms with E-state index in [0.717, 1.165) is 55.0 Å². The Labute approximate surface area is 163 Å². The van der Waals surface area contributed by atoms with Crippen molar-refractivity contribution in [3.05, 3.63) is 82.0 Å². The quantitative estimate of drug-likeness (QED) is 0.761. The molecule has 1 amide bonds. The monoisotopic (exact) mass is 376 g/mol. The fourth-order valence-electron chi connectivity index (χ4n) is 3.89. The van der Waals surface area contributed by atoms with Crippen LogP contribution in [0.5, 0.6) is 0 Å². The van der Waals surface area contributed by atoms with Crippen molar-refractivity contribution in [1.82, 2.24) is 19.7 Å². The number of piperidine rings is 1. The van der Waals surface area contributed by atoms with Gasteiger partial charge in [-0.3, -0.25) is 4.79 Å². The summed E-state index contributed by atoms with van der Waals surface area (Å²) in [6, 6.07) is 17.2. The molecule has 0 aliphatic carbocycles. The highest BCUT2D eigenvalue weighted by molar-refractivity contribution is 5.94. The lowest BCUT2D eigenvalue weighted by Gasteiger charge is -2.32. The number of H-pyrrole nitrogens is 1. The zero-order chi connectivity index (χ0) is 19.5. The van der Waals surface area contributed by atoms with Gasteiger partial charge in [0.15, 0.2) is 0 Å². The Morgan fingerprint density at radius 3 is 2.46 bits per heavy atom. The fraction of sp³-hybridized carbons (Fsp3) is 0.318. The summed E-state index contributed by atoms with van der Waals surface area (Å²) < 4.78 is 1.68. The number of nitrogens with one attached hydrogen (secondary N) is 1. The molecule has 0 bridgehead atoms. The van der Waals surface area contributed by atoms with Crippen LogP contribution in [0.4, 0.5) is 0 Å². The Bertz CT molecular complexity index is 1010. The maximum Gasteiger partial charge on any atom is 0.347 e. The summed E-state index contributed by atoms with van der Waals surface area (Å²) in [5, 5.41) is 6.87. The second-order valence-electron chi connectivity index (χ2n) is 7.37. The predicted octanol–water partition coefficient (Wildman–Crippen LogP) is 2.96. The molecule has 0 saturated carbocycles. The van der Waals surface area contributed by atoms with E-state index in [1.165, 1.54) is 0 Å². The van der Waals surface area contributed by atoms with Gasteiger partial charge in [0.2, 0.25) is 0 Å². The van der Waals surface area contributed by atoms with Gasteiger partial charge in [0.1, 0.15) is 5.82 Å². The van der Waals surface area contributed by atoms with Crippen LogP contribution in [-0.2, 0) is 6.42 Å². The number of amides is 1. The number of benzene rings is 2. The molecule has 1 aliphatic heterocycles. The highest BCUT2D eigenvalue weighted by atomic mass is 16.2. The van der Waals surface area contributed by atoms with Gasteiger partial charge in [-0.05, 0) is 49.4 Å². The molecule has 6 nitrogen and oxygen atoms in total. The smallest absolute Gasteiger partial charge is 0.339 e.